The molecule has 5 atom stereocenters. The predicted octanol–water partition coefficient (Wildman–Crippen LogP) is 2.28. The molecule has 0 amide bonds. The van der Waals surface area contributed by atoms with Crippen molar-refractivity contribution in [1.29, 1.82) is 0 Å². The summed E-state index contributed by atoms with van der Waals surface area (Å²) in [5.41, 5.74) is 5.36. The van der Waals surface area contributed by atoms with Crippen LogP contribution in [0.25, 0.3) is 0 Å². The van der Waals surface area contributed by atoms with Crippen molar-refractivity contribution in [2.24, 2.45) is 5.73 Å². The van der Waals surface area contributed by atoms with Gasteiger partial charge in [0.1, 0.15) is 18.2 Å². The van der Waals surface area contributed by atoms with Crippen LogP contribution in [0.4, 0.5) is 0 Å². The van der Waals surface area contributed by atoms with Crippen molar-refractivity contribution < 1.29 is 34.8 Å². The van der Waals surface area contributed by atoms with E-state index in [2.05, 4.69) is 6.92 Å². The minimum Gasteiger partial charge on any atom is -0.480 e. The highest BCUT2D eigenvalue weighted by Gasteiger charge is 2.36. The standard InChI is InChI=1S/C22H41NO7/c1-3-4-5-10-13-17(25)14-11-8-6-7-9-12-15-18(26)21(30-16(2)24)20(27)19(23)22(28)29/h12,15,17-21,25-27H,3-11,13-14,23H2,1-2H3,(H,28,29)/b15-12+/t17-,18?,19+,20?,21-/m1/s1. The summed E-state index contributed by atoms with van der Waals surface area (Å²) in [6.07, 6.45) is 9.29. The molecular weight excluding hydrogens is 390 g/mol. The zero-order valence-corrected chi connectivity index (χ0v) is 18.4. The van der Waals surface area contributed by atoms with Crippen molar-refractivity contribution in [3.05, 3.63) is 12.2 Å². The van der Waals surface area contributed by atoms with Gasteiger partial charge in [0.25, 0.3) is 0 Å². The highest BCUT2D eigenvalue weighted by atomic mass is 16.6. The minimum atomic E-state index is -1.74. The summed E-state index contributed by atoms with van der Waals surface area (Å²) in [4.78, 5) is 22.1. The van der Waals surface area contributed by atoms with E-state index in [4.69, 9.17) is 15.6 Å². The van der Waals surface area contributed by atoms with Gasteiger partial charge in [-0.2, -0.15) is 0 Å². The van der Waals surface area contributed by atoms with Gasteiger partial charge in [-0.05, 0) is 25.7 Å². The Morgan fingerprint density at radius 3 is 2.07 bits per heavy atom. The number of nitrogens with two attached hydrogens (primary N) is 1. The molecule has 0 aliphatic heterocycles. The first kappa shape index (κ1) is 28.5. The summed E-state index contributed by atoms with van der Waals surface area (Å²) in [5, 5.41) is 39.0. The maximum atomic E-state index is 11.2. The van der Waals surface area contributed by atoms with E-state index in [1.165, 1.54) is 25.3 Å². The lowest BCUT2D eigenvalue weighted by Crippen LogP contribution is -2.53. The van der Waals surface area contributed by atoms with Crippen LogP contribution in [0.1, 0.15) is 84.5 Å². The first-order valence-corrected chi connectivity index (χ1v) is 11.1. The Morgan fingerprint density at radius 2 is 1.53 bits per heavy atom. The molecule has 0 aromatic rings. The number of aliphatic hydroxyl groups excluding tert-OH is 3. The number of carbonyl (C=O) groups is 2. The SMILES string of the molecule is CCCCCC[C@@H](O)CCCCCC/C=C/C(O)[C@@H](OC(C)=O)C(O)[C@H](N)C(=O)O. The van der Waals surface area contributed by atoms with Crippen LogP contribution in [0.3, 0.4) is 0 Å². The number of carboxylic acid groups (broad SMARTS) is 1. The number of ether oxygens (including phenoxy) is 1. The van der Waals surface area contributed by atoms with Crippen molar-refractivity contribution in [2.45, 2.75) is 115 Å². The number of esters is 1. The topological polar surface area (TPSA) is 150 Å². The van der Waals surface area contributed by atoms with Crippen LogP contribution in [-0.4, -0.2) is 62.8 Å². The minimum absolute atomic E-state index is 0.210. The molecule has 0 rings (SSSR count). The molecule has 0 fully saturated rings. The Hall–Kier alpha value is -1.48. The Balaban J connectivity index is 4.13. The summed E-state index contributed by atoms with van der Waals surface area (Å²) >= 11 is 0. The lowest BCUT2D eigenvalue weighted by atomic mass is 10.00. The number of unbranched alkanes of at least 4 members (excludes halogenated alkanes) is 7. The normalized spacial score (nSPS) is 16.7. The van der Waals surface area contributed by atoms with Crippen LogP contribution < -0.4 is 5.73 Å². The molecule has 0 aromatic heterocycles. The number of carboxylic acids is 1. The van der Waals surface area contributed by atoms with Gasteiger partial charge in [-0.25, -0.2) is 0 Å². The van der Waals surface area contributed by atoms with Crippen LogP contribution in [0.5, 0.6) is 0 Å². The van der Waals surface area contributed by atoms with Crippen LogP contribution in [0.2, 0.25) is 0 Å². The van der Waals surface area contributed by atoms with Gasteiger partial charge < -0.3 is 30.9 Å². The van der Waals surface area contributed by atoms with E-state index in [1.54, 1.807) is 6.08 Å². The van der Waals surface area contributed by atoms with Crippen LogP contribution in [0, 0.1) is 0 Å². The molecule has 2 unspecified atom stereocenters. The number of carbonyl (C=O) groups excluding carboxylic acids is 1. The third kappa shape index (κ3) is 13.7. The summed E-state index contributed by atoms with van der Waals surface area (Å²) in [7, 11) is 0. The van der Waals surface area contributed by atoms with Gasteiger partial charge in [0.05, 0.1) is 6.10 Å². The highest BCUT2D eigenvalue weighted by molar-refractivity contribution is 5.74. The van der Waals surface area contributed by atoms with Crippen molar-refractivity contribution in [2.75, 3.05) is 0 Å². The van der Waals surface area contributed by atoms with Gasteiger partial charge in [0, 0.05) is 6.92 Å². The van der Waals surface area contributed by atoms with E-state index in [-0.39, 0.29) is 6.10 Å². The van der Waals surface area contributed by atoms with Crippen molar-refractivity contribution in [3.8, 4) is 0 Å². The maximum Gasteiger partial charge on any atom is 0.323 e. The van der Waals surface area contributed by atoms with Crippen molar-refractivity contribution in [1.82, 2.24) is 0 Å². The maximum absolute atomic E-state index is 11.2. The molecule has 0 radical (unpaired) electrons. The molecule has 6 N–H and O–H groups in total. The molecule has 0 saturated carbocycles. The third-order valence-electron chi connectivity index (χ3n) is 5.01. The summed E-state index contributed by atoms with van der Waals surface area (Å²) in [6.45, 7) is 3.27. The molecule has 8 heteroatoms. The second-order valence-corrected chi connectivity index (χ2v) is 7.84. The molecule has 8 nitrogen and oxygen atoms in total. The molecule has 0 aliphatic carbocycles. The summed E-state index contributed by atoms with van der Waals surface area (Å²) in [5.74, 6) is -2.21. The fourth-order valence-corrected chi connectivity index (χ4v) is 3.18. The number of allylic oxidation sites excluding steroid dienone is 1. The Bertz CT molecular complexity index is 498. The van der Waals surface area contributed by atoms with Gasteiger partial charge in [-0.15, -0.1) is 0 Å². The summed E-state index contributed by atoms with van der Waals surface area (Å²) < 4.78 is 4.86. The average molecular weight is 432 g/mol. The second kappa shape index (κ2) is 17.2. The number of hydrogen-bond acceptors (Lipinski definition) is 7. The molecule has 0 heterocycles. The number of aliphatic hydroxyl groups is 3. The molecular formula is C22H41NO7. The average Bonchev–Trinajstić information content (AvgIpc) is 2.69. The van der Waals surface area contributed by atoms with Crippen LogP contribution >= 0.6 is 0 Å². The Labute approximate surface area is 180 Å². The van der Waals surface area contributed by atoms with E-state index in [0.717, 1.165) is 51.9 Å². The molecule has 176 valence electrons. The number of hydrogen-bond donors (Lipinski definition) is 5. The largest absolute Gasteiger partial charge is 0.480 e. The monoisotopic (exact) mass is 431 g/mol. The number of aliphatic carboxylic acids is 1. The third-order valence-corrected chi connectivity index (χ3v) is 5.01. The lowest BCUT2D eigenvalue weighted by Gasteiger charge is -2.27. The fraction of sp³-hybridized carbons (Fsp3) is 0.818. The van der Waals surface area contributed by atoms with Gasteiger partial charge >= 0.3 is 11.9 Å². The van der Waals surface area contributed by atoms with Gasteiger partial charge in [-0.1, -0.05) is 64.0 Å². The highest BCUT2D eigenvalue weighted by Crippen LogP contribution is 2.14. The summed E-state index contributed by atoms with van der Waals surface area (Å²) in [6, 6.07) is -1.68. The fourth-order valence-electron chi connectivity index (χ4n) is 3.18. The molecule has 0 aliphatic rings. The first-order chi connectivity index (χ1) is 14.2. The van der Waals surface area contributed by atoms with E-state index in [9.17, 15) is 24.9 Å². The van der Waals surface area contributed by atoms with Crippen LogP contribution in [-0.2, 0) is 14.3 Å². The second-order valence-electron chi connectivity index (χ2n) is 7.84. The van der Waals surface area contributed by atoms with E-state index in [1.807, 2.05) is 0 Å². The van der Waals surface area contributed by atoms with E-state index < -0.39 is 36.3 Å². The lowest BCUT2D eigenvalue weighted by molar-refractivity contribution is -0.164. The quantitative estimate of drug-likeness (QED) is 0.126. The Kier molecular flexibility index (Phi) is 16.4. The predicted molar refractivity (Wildman–Crippen MR) is 115 cm³/mol. The molecule has 30 heavy (non-hydrogen) atoms. The first-order valence-electron chi connectivity index (χ1n) is 11.1. The molecule has 0 spiro atoms. The Morgan fingerprint density at radius 1 is 0.967 bits per heavy atom. The van der Waals surface area contributed by atoms with Crippen LogP contribution in [0.15, 0.2) is 12.2 Å². The zero-order valence-electron chi connectivity index (χ0n) is 18.4. The van der Waals surface area contributed by atoms with E-state index in [0.29, 0.717) is 6.42 Å². The van der Waals surface area contributed by atoms with Gasteiger partial charge in [0.2, 0.25) is 0 Å². The van der Waals surface area contributed by atoms with E-state index >= 15 is 0 Å². The van der Waals surface area contributed by atoms with Crippen molar-refractivity contribution >= 4 is 11.9 Å². The van der Waals surface area contributed by atoms with Gasteiger partial charge in [0.15, 0.2) is 6.10 Å². The smallest absolute Gasteiger partial charge is 0.323 e. The zero-order chi connectivity index (χ0) is 22.9. The number of rotatable bonds is 18. The van der Waals surface area contributed by atoms with Gasteiger partial charge in [-0.3, -0.25) is 9.59 Å². The molecule has 0 bridgehead atoms. The molecule has 0 saturated heterocycles. The molecule has 0 aromatic carbocycles. The van der Waals surface area contributed by atoms with Crippen molar-refractivity contribution in [3.63, 3.8) is 0 Å².